The van der Waals surface area contributed by atoms with Crippen LogP contribution in [0.4, 0.5) is 5.82 Å². The number of hydrogen-bond donors (Lipinski definition) is 2. The van der Waals surface area contributed by atoms with E-state index in [1.807, 2.05) is 31.2 Å². The lowest BCUT2D eigenvalue weighted by molar-refractivity contribution is 0.0945. The van der Waals surface area contributed by atoms with E-state index in [0.29, 0.717) is 18.1 Å². The Morgan fingerprint density at radius 2 is 1.90 bits per heavy atom. The average molecular weight is 286 g/mol. The molecular formula is C15H18N4O2. The van der Waals surface area contributed by atoms with Gasteiger partial charge in [-0.2, -0.15) is 0 Å². The van der Waals surface area contributed by atoms with Crippen molar-refractivity contribution in [3.8, 4) is 5.75 Å². The van der Waals surface area contributed by atoms with Crippen molar-refractivity contribution in [2.24, 2.45) is 0 Å². The van der Waals surface area contributed by atoms with Crippen LogP contribution < -0.4 is 15.4 Å². The Labute approximate surface area is 123 Å². The fourth-order valence-electron chi connectivity index (χ4n) is 1.75. The quantitative estimate of drug-likeness (QED) is 0.847. The highest BCUT2D eigenvalue weighted by molar-refractivity contribution is 5.92. The number of ether oxygens (including phenoxy) is 1. The summed E-state index contributed by atoms with van der Waals surface area (Å²) in [6.07, 6.45) is 0. The Kier molecular flexibility index (Phi) is 5.09. The average Bonchev–Trinajstić information content (AvgIpc) is 2.54. The van der Waals surface area contributed by atoms with E-state index in [9.17, 15) is 4.79 Å². The van der Waals surface area contributed by atoms with Crippen LogP contribution in [-0.4, -0.2) is 29.8 Å². The SMILES string of the molecule is CCNc1ccc(C(=O)NCc2ccc(OC)cc2)nn1. The van der Waals surface area contributed by atoms with Crippen molar-refractivity contribution in [1.82, 2.24) is 15.5 Å². The molecule has 0 aliphatic heterocycles. The summed E-state index contributed by atoms with van der Waals surface area (Å²) in [6.45, 7) is 3.16. The molecule has 21 heavy (non-hydrogen) atoms. The molecule has 2 aromatic rings. The largest absolute Gasteiger partial charge is 0.497 e. The molecule has 0 fully saturated rings. The van der Waals surface area contributed by atoms with Gasteiger partial charge in [-0.3, -0.25) is 4.79 Å². The molecule has 0 saturated heterocycles. The molecular weight excluding hydrogens is 268 g/mol. The zero-order valence-electron chi connectivity index (χ0n) is 12.1. The van der Waals surface area contributed by atoms with Crippen LogP contribution in [0.2, 0.25) is 0 Å². The summed E-state index contributed by atoms with van der Waals surface area (Å²) < 4.78 is 5.08. The molecule has 1 aromatic carbocycles. The molecule has 0 aliphatic carbocycles. The second-order valence-electron chi connectivity index (χ2n) is 4.36. The number of benzene rings is 1. The maximum absolute atomic E-state index is 12.0. The topological polar surface area (TPSA) is 76.1 Å². The Bertz CT molecular complexity index is 582. The zero-order chi connectivity index (χ0) is 15.1. The van der Waals surface area contributed by atoms with Crippen molar-refractivity contribution in [3.05, 3.63) is 47.7 Å². The van der Waals surface area contributed by atoms with E-state index in [2.05, 4.69) is 20.8 Å². The van der Waals surface area contributed by atoms with Crippen molar-refractivity contribution in [3.63, 3.8) is 0 Å². The van der Waals surface area contributed by atoms with Crippen molar-refractivity contribution >= 4 is 11.7 Å². The van der Waals surface area contributed by atoms with Crippen LogP contribution in [0.15, 0.2) is 36.4 Å². The van der Waals surface area contributed by atoms with Gasteiger partial charge in [0.2, 0.25) is 0 Å². The number of carbonyl (C=O) groups is 1. The molecule has 0 saturated carbocycles. The third-order valence-corrected chi connectivity index (χ3v) is 2.87. The van der Waals surface area contributed by atoms with Crippen LogP contribution in [0.3, 0.4) is 0 Å². The van der Waals surface area contributed by atoms with Gasteiger partial charge in [0, 0.05) is 13.1 Å². The van der Waals surface area contributed by atoms with Crippen LogP contribution >= 0.6 is 0 Å². The molecule has 2 rings (SSSR count). The molecule has 1 amide bonds. The lowest BCUT2D eigenvalue weighted by Gasteiger charge is -2.06. The second kappa shape index (κ2) is 7.23. The van der Waals surface area contributed by atoms with Crippen LogP contribution in [0, 0.1) is 0 Å². The zero-order valence-corrected chi connectivity index (χ0v) is 12.1. The Balaban J connectivity index is 1.91. The molecule has 0 unspecified atom stereocenters. The Hall–Kier alpha value is -2.63. The number of rotatable bonds is 6. The first-order valence-corrected chi connectivity index (χ1v) is 6.71. The standard InChI is InChI=1S/C15H18N4O2/c1-3-16-14-9-8-13(18-19-14)15(20)17-10-11-4-6-12(21-2)7-5-11/h4-9H,3,10H2,1-2H3,(H,16,19)(H,17,20). The molecule has 110 valence electrons. The van der Waals surface area contributed by atoms with E-state index >= 15 is 0 Å². The second-order valence-corrected chi connectivity index (χ2v) is 4.36. The summed E-state index contributed by atoms with van der Waals surface area (Å²) in [5.74, 6) is 1.19. The van der Waals surface area contributed by atoms with Crippen molar-refractivity contribution in [1.29, 1.82) is 0 Å². The van der Waals surface area contributed by atoms with Gasteiger partial charge in [-0.1, -0.05) is 12.1 Å². The number of hydrogen-bond acceptors (Lipinski definition) is 5. The molecule has 2 N–H and O–H groups in total. The minimum atomic E-state index is -0.249. The first kappa shape index (κ1) is 14.8. The summed E-state index contributed by atoms with van der Waals surface area (Å²) in [6, 6.07) is 10.9. The van der Waals surface area contributed by atoms with Gasteiger partial charge in [-0.25, -0.2) is 0 Å². The molecule has 0 bridgehead atoms. The van der Waals surface area contributed by atoms with Gasteiger partial charge in [0.15, 0.2) is 5.69 Å². The first-order valence-electron chi connectivity index (χ1n) is 6.71. The highest BCUT2D eigenvalue weighted by Gasteiger charge is 2.07. The van der Waals surface area contributed by atoms with Crippen molar-refractivity contribution in [2.75, 3.05) is 19.0 Å². The van der Waals surface area contributed by atoms with E-state index in [-0.39, 0.29) is 5.91 Å². The van der Waals surface area contributed by atoms with Crippen LogP contribution in [0.25, 0.3) is 0 Å². The molecule has 0 aliphatic rings. The number of nitrogens with one attached hydrogen (secondary N) is 2. The minimum Gasteiger partial charge on any atom is -0.497 e. The van der Waals surface area contributed by atoms with Gasteiger partial charge < -0.3 is 15.4 Å². The van der Waals surface area contributed by atoms with Gasteiger partial charge in [-0.05, 0) is 36.8 Å². The fourth-order valence-corrected chi connectivity index (χ4v) is 1.75. The lowest BCUT2D eigenvalue weighted by Crippen LogP contribution is -2.24. The number of carbonyl (C=O) groups excluding carboxylic acids is 1. The minimum absolute atomic E-state index is 0.249. The van der Waals surface area contributed by atoms with Crippen LogP contribution in [-0.2, 0) is 6.54 Å². The van der Waals surface area contributed by atoms with E-state index in [1.54, 1.807) is 19.2 Å². The van der Waals surface area contributed by atoms with Gasteiger partial charge in [0.25, 0.3) is 5.91 Å². The maximum atomic E-state index is 12.0. The van der Waals surface area contributed by atoms with Crippen molar-refractivity contribution < 1.29 is 9.53 Å². The highest BCUT2D eigenvalue weighted by Crippen LogP contribution is 2.11. The van der Waals surface area contributed by atoms with Gasteiger partial charge >= 0.3 is 0 Å². The third kappa shape index (κ3) is 4.17. The highest BCUT2D eigenvalue weighted by atomic mass is 16.5. The monoisotopic (exact) mass is 286 g/mol. The summed E-state index contributed by atoms with van der Waals surface area (Å²) >= 11 is 0. The summed E-state index contributed by atoms with van der Waals surface area (Å²) in [4.78, 5) is 12.0. The number of methoxy groups -OCH3 is 1. The maximum Gasteiger partial charge on any atom is 0.272 e. The van der Waals surface area contributed by atoms with Crippen LogP contribution in [0.1, 0.15) is 23.0 Å². The molecule has 6 heteroatoms. The van der Waals surface area contributed by atoms with Gasteiger partial charge in [0.05, 0.1) is 7.11 Å². The Morgan fingerprint density at radius 1 is 1.14 bits per heavy atom. The van der Waals surface area contributed by atoms with E-state index < -0.39 is 0 Å². The molecule has 1 heterocycles. The number of anilines is 1. The first-order chi connectivity index (χ1) is 10.2. The smallest absolute Gasteiger partial charge is 0.272 e. The van der Waals surface area contributed by atoms with Gasteiger partial charge in [0.1, 0.15) is 11.6 Å². The molecule has 0 atom stereocenters. The number of aromatic nitrogens is 2. The predicted octanol–water partition coefficient (Wildman–Crippen LogP) is 1.85. The van der Waals surface area contributed by atoms with E-state index in [1.165, 1.54) is 0 Å². The van der Waals surface area contributed by atoms with Crippen molar-refractivity contribution in [2.45, 2.75) is 13.5 Å². The molecule has 0 spiro atoms. The Morgan fingerprint density at radius 3 is 2.48 bits per heavy atom. The molecule has 1 aromatic heterocycles. The third-order valence-electron chi connectivity index (χ3n) is 2.87. The molecule has 0 radical (unpaired) electrons. The van der Waals surface area contributed by atoms with E-state index in [0.717, 1.165) is 17.9 Å². The fraction of sp³-hybridized carbons (Fsp3) is 0.267. The summed E-state index contributed by atoms with van der Waals surface area (Å²) in [5.41, 5.74) is 1.28. The normalized spacial score (nSPS) is 10.0. The lowest BCUT2D eigenvalue weighted by atomic mass is 10.2. The molecule has 6 nitrogen and oxygen atoms in total. The van der Waals surface area contributed by atoms with Crippen LogP contribution in [0.5, 0.6) is 5.75 Å². The van der Waals surface area contributed by atoms with E-state index in [4.69, 9.17) is 4.74 Å². The number of amides is 1. The summed E-state index contributed by atoms with van der Waals surface area (Å²) in [7, 11) is 1.62. The van der Waals surface area contributed by atoms with Gasteiger partial charge in [-0.15, -0.1) is 10.2 Å². The number of nitrogens with zero attached hydrogens (tertiary/aromatic N) is 2. The predicted molar refractivity (Wildman–Crippen MR) is 80.4 cm³/mol. The summed E-state index contributed by atoms with van der Waals surface area (Å²) in [5, 5.41) is 13.6.